The molecular weight excluding hydrogens is 445 g/mol. The Bertz CT molecular complexity index is 1290. The number of hydrogen-bond acceptors (Lipinski definition) is 3. The molecule has 0 spiro atoms. The van der Waals surface area contributed by atoms with Crippen molar-refractivity contribution in [3.05, 3.63) is 101 Å². The minimum atomic E-state index is -4.59. The van der Waals surface area contributed by atoms with Crippen LogP contribution in [0.1, 0.15) is 39.8 Å². The number of alkyl halides is 3. The van der Waals surface area contributed by atoms with Gasteiger partial charge in [0.05, 0.1) is 17.1 Å². The molecule has 1 unspecified atom stereocenters. The topological polar surface area (TPSA) is 86.9 Å². The summed E-state index contributed by atoms with van der Waals surface area (Å²) in [6, 6.07) is 21.8. The van der Waals surface area contributed by atoms with Gasteiger partial charge < -0.3 is 15.6 Å². The molecule has 4 rings (SSSR count). The van der Waals surface area contributed by atoms with Gasteiger partial charge in [0.1, 0.15) is 0 Å². The number of halogens is 3. The summed E-state index contributed by atoms with van der Waals surface area (Å²) in [6.45, 7) is 0.135. The molecule has 0 saturated heterocycles. The third-order valence-electron chi connectivity index (χ3n) is 5.22. The van der Waals surface area contributed by atoms with Crippen LogP contribution in [0.4, 0.5) is 13.2 Å². The van der Waals surface area contributed by atoms with Crippen molar-refractivity contribution < 1.29 is 22.8 Å². The molecule has 3 N–H and O–H groups in total. The highest BCUT2D eigenvalue weighted by atomic mass is 19.4. The molecule has 1 atom stereocenters. The first-order valence-corrected chi connectivity index (χ1v) is 10.6. The van der Waals surface area contributed by atoms with E-state index >= 15 is 0 Å². The van der Waals surface area contributed by atoms with Gasteiger partial charge in [-0.15, -0.1) is 0 Å². The van der Waals surface area contributed by atoms with Crippen molar-refractivity contribution in [1.82, 2.24) is 20.6 Å². The second-order valence-corrected chi connectivity index (χ2v) is 7.64. The SMILES string of the molecule is O=C(CCNC(=O)c1ccccc1)NC(c1ccccc1)c1ccc2nc(C(F)(F)F)[nH]c2c1. The number of carbonyl (C=O) groups is 2. The summed E-state index contributed by atoms with van der Waals surface area (Å²) in [5.74, 6) is -1.67. The van der Waals surface area contributed by atoms with Crippen LogP contribution in [0.2, 0.25) is 0 Å². The number of fused-ring (bicyclic) bond motifs is 1. The average Bonchev–Trinajstić information content (AvgIpc) is 3.28. The molecule has 0 bridgehead atoms. The van der Waals surface area contributed by atoms with Gasteiger partial charge in [0.15, 0.2) is 0 Å². The van der Waals surface area contributed by atoms with Crippen LogP contribution in [0.25, 0.3) is 11.0 Å². The van der Waals surface area contributed by atoms with Crippen LogP contribution in [0.15, 0.2) is 78.9 Å². The quantitative estimate of drug-likeness (QED) is 0.372. The predicted octanol–water partition coefficient (Wildman–Crippen LogP) is 4.61. The second-order valence-electron chi connectivity index (χ2n) is 7.64. The van der Waals surface area contributed by atoms with E-state index in [-0.39, 0.29) is 35.8 Å². The Kier molecular flexibility index (Phi) is 6.62. The molecule has 174 valence electrons. The van der Waals surface area contributed by atoms with Crippen molar-refractivity contribution in [3.8, 4) is 0 Å². The maximum atomic E-state index is 13.0. The maximum Gasteiger partial charge on any atom is 0.449 e. The number of rotatable bonds is 7. The van der Waals surface area contributed by atoms with Gasteiger partial charge in [-0.1, -0.05) is 54.6 Å². The lowest BCUT2D eigenvalue weighted by Gasteiger charge is -2.20. The molecule has 6 nitrogen and oxygen atoms in total. The molecule has 0 radical (unpaired) electrons. The molecule has 2 amide bonds. The average molecular weight is 466 g/mol. The molecule has 0 aliphatic rings. The van der Waals surface area contributed by atoms with E-state index in [1.165, 1.54) is 6.07 Å². The first-order valence-electron chi connectivity index (χ1n) is 10.6. The van der Waals surface area contributed by atoms with E-state index in [2.05, 4.69) is 20.6 Å². The van der Waals surface area contributed by atoms with E-state index in [0.29, 0.717) is 11.1 Å². The predicted molar refractivity (Wildman–Crippen MR) is 121 cm³/mol. The van der Waals surface area contributed by atoms with Crippen LogP contribution in [-0.4, -0.2) is 28.3 Å². The molecule has 0 saturated carbocycles. The molecule has 1 aromatic heterocycles. The number of aromatic nitrogens is 2. The largest absolute Gasteiger partial charge is 0.449 e. The van der Waals surface area contributed by atoms with E-state index in [4.69, 9.17) is 0 Å². The molecule has 1 heterocycles. The normalized spacial score (nSPS) is 12.3. The summed E-state index contributed by atoms with van der Waals surface area (Å²) in [4.78, 5) is 30.7. The Labute approximate surface area is 193 Å². The van der Waals surface area contributed by atoms with E-state index in [1.807, 2.05) is 30.3 Å². The van der Waals surface area contributed by atoms with Gasteiger partial charge >= 0.3 is 6.18 Å². The zero-order valence-electron chi connectivity index (χ0n) is 17.9. The minimum absolute atomic E-state index is 0.0342. The molecule has 9 heteroatoms. The lowest BCUT2D eigenvalue weighted by molar-refractivity contribution is -0.144. The maximum absolute atomic E-state index is 13.0. The van der Waals surface area contributed by atoms with Crippen molar-refractivity contribution in [3.63, 3.8) is 0 Å². The van der Waals surface area contributed by atoms with Gasteiger partial charge in [-0.2, -0.15) is 13.2 Å². The number of nitrogens with one attached hydrogen (secondary N) is 3. The summed E-state index contributed by atoms with van der Waals surface area (Å²) in [7, 11) is 0. The number of carbonyl (C=O) groups excluding carboxylic acids is 2. The van der Waals surface area contributed by atoms with Crippen molar-refractivity contribution in [2.24, 2.45) is 0 Å². The van der Waals surface area contributed by atoms with Crippen molar-refractivity contribution >= 4 is 22.8 Å². The Hall–Kier alpha value is -4.14. The van der Waals surface area contributed by atoms with Gasteiger partial charge in [-0.05, 0) is 35.4 Å². The van der Waals surface area contributed by atoms with Crippen LogP contribution in [0.3, 0.4) is 0 Å². The first-order chi connectivity index (χ1) is 16.3. The van der Waals surface area contributed by atoms with Crippen LogP contribution in [0, 0.1) is 0 Å². The monoisotopic (exact) mass is 466 g/mol. The lowest BCUT2D eigenvalue weighted by atomic mass is 9.98. The van der Waals surface area contributed by atoms with Crippen LogP contribution in [-0.2, 0) is 11.0 Å². The number of hydrogen-bond donors (Lipinski definition) is 3. The number of H-pyrrole nitrogens is 1. The van der Waals surface area contributed by atoms with Gasteiger partial charge in [-0.3, -0.25) is 9.59 Å². The lowest BCUT2D eigenvalue weighted by Crippen LogP contribution is -2.33. The van der Waals surface area contributed by atoms with E-state index < -0.39 is 18.0 Å². The molecule has 0 fully saturated rings. The number of aromatic amines is 1. The molecule has 34 heavy (non-hydrogen) atoms. The summed E-state index contributed by atoms with van der Waals surface area (Å²) in [6.07, 6.45) is -4.55. The highest BCUT2D eigenvalue weighted by Crippen LogP contribution is 2.30. The van der Waals surface area contributed by atoms with E-state index in [0.717, 1.165) is 5.56 Å². The van der Waals surface area contributed by atoms with Gasteiger partial charge in [-0.25, -0.2) is 4.98 Å². The smallest absolute Gasteiger partial charge is 0.352 e. The van der Waals surface area contributed by atoms with Crippen LogP contribution < -0.4 is 10.6 Å². The zero-order chi connectivity index (χ0) is 24.1. The van der Waals surface area contributed by atoms with Crippen molar-refractivity contribution in [1.29, 1.82) is 0 Å². The summed E-state index contributed by atoms with van der Waals surface area (Å²) >= 11 is 0. The molecule has 0 aliphatic heterocycles. The molecule has 3 aromatic carbocycles. The Morgan fingerprint density at radius 2 is 1.59 bits per heavy atom. The van der Waals surface area contributed by atoms with Crippen LogP contribution >= 0.6 is 0 Å². The Morgan fingerprint density at radius 1 is 0.912 bits per heavy atom. The highest BCUT2D eigenvalue weighted by Gasteiger charge is 2.34. The second kappa shape index (κ2) is 9.78. The Balaban J connectivity index is 1.49. The van der Waals surface area contributed by atoms with Gasteiger partial charge in [0.25, 0.3) is 5.91 Å². The summed E-state index contributed by atoms with van der Waals surface area (Å²) < 4.78 is 39.1. The zero-order valence-corrected chi connectivity index (χ0v) is 17.9. The van der Waals surface area contributed by atoms with E-state index in [1.54, 1.807) is 42.5 Å². The fourth-order valence-corrected chi connectivity index (χ4v) is 3.56. The number of imidazole rings is 1. The molecule has 4 aromatic rings. The minimum Gasteiger partial charge on any atom is -0.352 e. The fourth-order valence-electron chi connectivity index (χ4n) is 3.56. The first kappa shape index (κ1) is 23.0. The van der Waals surface area contributed by atoms with Crippen molar-refractivity contribution in [2.45, 2.75) is 18.6 Å². The van der Waals surface area contributed by atoms with Gasteiger partial charge in [0, 0.05) is 18.5 Å². The Morgan fingerprint density at radius 3 is 2.26 bits per heavy atom. The number of nitrogens with zero attached hydrogens (tertiary/aromatic N) is 1. The summed E-state index contributed by atoms with van der Waals surface area (Å²) in [5, 5.41) is 5.62. The highest BCUT2D eigenvalue weighted by molar-refractivity contribution is 5.94. The number of amides is 2. The summed E-state index contributed by atoms with van der Waals surface area (Å²) in [5.41, 5.74) is 2.25. The third-order valence-corrected chi connectivity index (χ3v) is 5.22. The number of benzene rings is 3. The molecule has 0 aliphatic carbocycles. The third kappa shape index (κ3) is 5.43. The standard InChI is InChI=1S/C25H21F3N4O2/c26-25(27,28)24-30-19-12-11-18(15-20(19)31-24)22(16-7-3-1-4-8-16)32-21(33)13-14-29-23(34)17-9-5-2-6-10-17/h1-12,15,22H,13-14H2,(H,29,34)(H,30,31)(H,32,33). The van der Waals surface area contributed by atoms with Crippen molar-refractivity contribution in [2.75, 3.05) is 6.54 Å². The van der Waals surface area contributed by atoms with Gasteiger partial charge in [0.2, 0.25) is 11.7 Å². The fraction of sp³-hybridized carbons (Fsp3) is 0.160. The van der Waals surface area contributed by atoms with E-state index in [9.17, 15) is 22.8 Å². The van der Waals surface area contributed by atoms with Crippen LogP contribution in [0.5, 0.6) is 0 Å². The molecular formula is C25H21F3N4O2.